The third-order valence-electron chi connectivity index (χ3n) is 2.65. The van der Waals surface area contributed by atoms with Crippen molar-refractivity contribution in [3.05, 3.63) is 47.2 Å². The van der Waals surface area contributed by atoms with E-state index in [1.165, 1.54) is 6.20 Å². The van der Waals surface area contributed by atoms with Crippen molar-refractivity contribution < 1.29 is 14.3 Å². The molecule has 1 aromatic carbocycles. The molecule has 1 amide bonds. The Kier molecular flexibility index (Phi) is 4.14. The SMILES string of the molecule is CCOC(=O)c1cn[nH]c1NC(=O)c1cccc(C)c1. The van der Waals surface area contributed by atoms with E-state index in [9.17, 15) is 9.59 Å². The van der Waals surface area contributed by atoms with Gasteiger partial charge in [-0.2, -0.15) is 5.10 Å². The number of H-pyrrole nitrogens is 1. The molecule has 0 radical (unpaired) electrons. The fourth-order valence-electron chi connectivity index (χ4n) is 1.72. The molecule has 0 bridgehead atoms. The van der Waals surface area contributed by atoms with Crippen molar-refractivity contribution in [3.63, 3.8) is 0 Å². The summed E-state index contributed by atoms with van der Waals surface area (Å²) in [5.74, 6) is -0.612. The van der Waals surface area contributed by atoms with Gasteiger partial charge in [0.1, 0.15) is 11.4 Å². The Morgan fingerprint density at radius 2 is 2.20 bits per heavy atom. The number of hydrogen-bond donors (Lipinski definition) is 2. The van der Waals surface area contributed by atoms with Gasteiger partial charge in [0, 0.05) is 5.56 Å². The van der Waals surface area contributed by atoms with Crippen LogP contribution in [0.15, 0.2) is 30.5 Å². The fourth-order valence-corrected chi connectivity index (χ4v) is 1.72. The Hall–Kier alpha value is -2.63. The molecule has 0 aliphatic heterocycles. The summed E-state index contributed by atoms with van der Waals surface area (Å²) in [4.78, 5) is 23.8. The number of amides is 1. The quantitative estimate of drug-likeness (QED) is 0.836. The summed E-state index contributed by atoms with van der Waals surface area (Å²) in [6.07, 6.45) is 1.32. The average molecular weight is 273 g/mol. The molecule has 6 heteroatoms. The Bertz CT molecular complexity index is 634. The minimum absolute atomic E-state index is 0.202. The summed E-state index contributed by atoms with van der Waals surface area (Å²) in [6, 6.07) is 7.15. The van der Waals surface area contributed by atoms with Gasteiger partial charge in [-0.05, 0) is 26.0 Å². The third kappa shape index (κ3) is 3.03. The second-order valence-electron chi connectivity index (χ2n) is 4.20. The van der Waals surface area contributed by atoms with Gasteiger partial charge >= 0.3 is 5.97 Å². The highest BCUT2D eigenvalue weighted by molar-refractivity contribution is 6.07. The number of anilines is 1. The molecular weight excluding hydrogens is 258 g/mol. The van der Waals surface area contributed by atoms with Gasteiger partial charge in [0.25, 0.3) is 5.91 Å². The van der Waals surface area contributed by atoms with Crippen LogP contribution in [0.2, 0.25) is 0 Å². The highest BCUT2D eigenvalue weighted by atomic mass is 16.5. The van der Waals surface area contributed by atoms with Crippen LogP contribution in [0, 0.1) is 6.92 Å². The number of aromatic nitrogens is 2. The van der Waals surface area contributed by atoms with Gasteiger partial charge in [0.2, 0.25) is 0 Å². The molecule has 1 heterocycles. The number of nitrogens with one attached hydrogen (secondary N) is 2. The highest BCUT2D eigenvalue weighted by Crippen LogP contribution is 2.14. The van der Waals surface area contributed by atoms with E-state index >= 15 is 0 Å². The molecule has 0 spiro atoms. The van der Waals surface area contributed by atoms with Gasteiger partial charge in [0.05, 0.1) is 12.8 Å². The molecule has 0 aliphatic carbocycles. The van der Waals surface area contributed by atoms with Gasteiger partial charge in [-0.1, -0.05) is 17.7 Å². The Balaban J connectivity index is 2.16. The first-order chi connectivity index (χ1) is 9.61. The van der Waals surface area contributed by atoms with Crippen LogP contribution in [0.1, 0.15) is 33.2 Å². The summed E-state index contributed by atoms with van der Waals surface area (Å²) in [5, 5.41) is 8.94. The van der Waals surface area contributed by atoms with E-state index in [1.54, 1.807) is 25.1 Å². The molecular formula is C14H15N3O3. The lowest BCUT2D eigenvalue weighted by Gasteiger charge is -2.06. The topological polar surface area (TPSA) is 84.1 Å². The number of carbonyl (C=O) groups is 2. The van der Waals surface area contributed by atoms with Crippen molar-refractivity contribution in [1.82, 2.24) is 10.2 Å². The van der Waals surface area contributed by atoms with E-state index in [1.807, 2.05) is 13.0 Å². The zero-order chi connectivity index (χ0) is 14.5. The molecule has 0 unspecified atom stereocenters. The van der Waals surface area contributed by atoms with Crippen molar-refractivity contribution in [1.29, 1.82) is 0 Å². The lowest BCUT2D eigenvalue weighted by molar-refractivity contribution is 0.0527. The van der Waals surface area contributed by atoms with Crippen LogP contribution in [0.4, 0.5) is 5.82 Å². The first-order valence-electron chi connectivity index (χ1n) is 6.20. The van der Waals surface area contributed by atoms with Crippen LogP contribution < -0.4 is 5.32 Å². The number of aryl methyl sites for hydroxylation is 1. The maximum absolute atomic E-state index is 12.1. The average Bonchev–Trinajstić information content (AvgIpc) is 2.87. The van der Waals surface area contributed by atoms with Gasteiger partial charge in [0.15, 0.2) is 0 Å². The number of hydrogen-bond acceptors (Lipinski definition) is 4. The minimum Gasteiger partial charge on any atom is -0.462 e. The summed E-state index contributed by atoms with van der Waals surface area (Å²) >= 11 is 0. The first-order valence-corrected chi connectivity index (χ1v) is 6.20. The first kappa shape index (κ1) is 13.8. The minimum atomic E-state index is -0.527. The standard InChI is InChI=1S/C14H15N3O3/c1-3-20-14(19)11-8-15-17-12(11)16-13(18)10-6-4-5-9(2)7-10/h4-8H,3H2,1-2H3,(H2,15,16,17,18). The van der Waals surface area contributed by atoms with Crippen LogP contribution in [0.3, 0.4) is 0 Å². The molecule has 1 aromatic heterocycles. The molecule has 20 heavy (non-hydrogen) atoms. The van der Waals surface area contributed by atoms with Gasteiger partial charge in [-0.15, -0.1) is 0 Å². The molecule has 2 rings (SSSR count). The van der Waals surface area contributed by atoms with Crippen LogP contribution in [0.25, 0.3) is 0 Å². The largest absolute Gasteiger partial charge is 0.462 e. The summed E-state index contributed by atoms with van der Waals surface area (Å²) in [5.41, 5.74) is 1.69. The lowest BCUT2D eigenvalue weighted by Crippen LogP contribution is -2.15. The molecule has 2 aromatic rings. The van der Waals surface area contributed by atoms with Crippen molar-refractivity contribution in [3.8, 4) is 0 Å². The molecule has 6 nitrogen and oxygen atoms in total. The Morgan fingerprint density at radius 1 is 1.40 bits per heavy atom. The number of rotatable bonds is 4. The third-order valence-corrected chi connectivity index (χ3v) is 2.65. The van der Waals surface area contributed by atoms with Gasteiger partial charge in [-0.3, -0.25) is 9.89 Å². The predicted octanol–water partition coefficient (Wildman–Crippen LogP) is 2.15. The monoisotopic (exact) mass is 273 g/mol. The maximum Gasteiger partial charge on any atom is 0.343 e. The van der Waals surface area contributed by atoms with E-state index in [0.717, 1.165) is 5.56 Å². The van der Waals surface area contributed by atoms with Gasteiger partial charge < -0.3 is 10.1 Å². The molecule has 2 N–H and O–H groups in total. The van der Waals surface area contributed by atoms with E-state index in [0.29, 0.717) is 5.56 Å². The smallest absolute Gasteiger partial charge is 0.343 e. The molecule has 0 fully saturated rings. The van der Waals surface area contributed by atoms with Crippen LogP contribution in [-0.4, -0.2) is 28.7 Å². The molecule has 0 atom stereocenters. The van der Waals surface area contributed by atoms with E-state index < -0.39 is 5.97 Å². The van der Waals surface area contributed by atoms with Crippen molar-refractivity contribution >= 4 is 17.7 Å². The second kappa shape index (κ2) is 6.01. The highest BCUT2D eigenvalue weighted by Gasteiger charge is 2.17. The lowest BCUT2D eigenvalue weighted by atomic mass is 10.1. The Morgan fingerprint density at radius 3 is 2.90 bits per heavy atom. The normalized spacial score (nSPS) is 10.1. The predicted molar refractivity (Wildman–Crippen MR) is 73.7 cm³/mol. The molecule has 0 saturated heterocycles. The van der Waals surface area contributed by atoms with Crippen LogP contribution in [-0.2, 0) is 4.74 Å². The van der Waals surface area contributed by atoms with E-state index in [4.69, 9.17) is 4.74 Å². The zero-order valence-electron chi connectivity index (χ0n) is 11.3. The molecule has 104 valence electrons. The summed E-state index contributed by atoms with van der Waals surface area (Å²) < 4.78 is 4.88. The van der Waals surface area contributed by atoms with E-state index in [2.05, 4.69) is 15.5 Å². The van der Waals surface area contributed by atoms with Crippen molar-refractivity contribution in [2.24, 2.45) is 0 Å². The summed E-state index contributed by atoms with van der Waals surface area (Å²) in [6.45, 7) is 3.87. The number of nitrogens with zero attached hydrogens (tertiary/aromatic N) is 1. The zero-order valence-corrected chi connectivity index (χ0v) is 11.3. The number of carbonyl (C=O) groups excluding carboxylic acids is 2. The number of aromatic amines is 1. The number of benzene rings is 1. The number of esters is 1. The van der Waals surface area contributed by atoms with Crippen LogP contribution in [0.5, 0.6) is 0 Å². The van der Waals surface area contributed by atoms with Crippen molar-refractivity contribution in [2.45, 2.75) is 13.8 Å². The van der Waals surface area contributed by atoms with Gasteiger partial charge in [-0.25, -0.2) is 4.79 Å². The maximum atomic E-state index is 12.1. The number of ether oxygens (including phenoxy) is 1. The fraction of sp³-hybridized carbons (Fsp3) is 0.214. The molecule has 0 saturated carbocycles. The second-order valence-corrected chi connectivity index (χ2v) is 4.20. The van der Waals surface area contributed by atoms with Crippen molar-refractivity contribution in [2.75, 3.05) is 11.9 Å². The molecule has 0 aliphatic rings. The summed E-state index contributed by atoms with van der Waals surface area (Å²) in [7, 11) is 0. The Labute approximate surface area is 116 Å². The van der Waals surface area contributed by atoms with E-state index in [-0.39, 0.29) is 23.9 Å². The van der Waals surface area contributed by atoms with Crippen LogP contribution >= 0.6 is 0 Å².